The highest BCUT2D eigenvalue weighted by atomic mass is 19.1. The molecule has 1 fully saturated rings. The van der Waals surface area contributed by atoms with Gasteiger partial charge in [-0.3, -0.25) is 0 Å². The van der Waals surface area contributed by atoms with Gasteiger partial charge in [0.2, 0.25) is 0 Å². The van der Waals surface area contributed by atoms with Crippen LogP contribution in [0.1, 0.15) is 20.3 Å². The topological polar surface area (TPSA) is 33.7 Å². The fourth-order valence-electron chi connectivity index (χ4n) is 2.27. The molecule has 1 aromatic carbocycles. The number of benzene rings is 1. The predicted octanol–water partition coefficient (Wildman–Crippen LogP) is 2.43. The number of anilines is 1. The normalized spacial score (nSPS) is 16.1. The smallest absolute Gasteiger partial charge is 0.142 e. The highest BCUT2D eigenvalue weighted by molar-refractivity contribution is 5.59. The van der Waals surface area contributed by atoms with Gasteiger partial charge < -0.3 is 19.7 Å². The van der Waals surface area contributed by atoms with Gasteiger partial charge in [-0.25, -0.2) is 4.39 Å². The third-order valence-corrected chi connectivity index (χ3v) is 3.89. The average molecular weight is 296 g/mol. The Morgan fingerprint density at radius 1 is 1.29 bits per heavy atom. The summed E-state index contributed by atoms with van der Waals surface area (Å²) >= 11 is 0. The van der Waals surface area contributed by atoms with E-state index in [1.54, 1.807) is 19.2 Å². The number of nitrogens with zero attached hydrogens (tertiary/aromatic N) is 1. The molecule has 0 aliphatic carbocycles. The van der Waals surface area contributed by atoms with Crippen LogP contribution < -0.4 is 15.0 Å². The van der Waals surface area contributed by atoms with Crippen LogP contribution in [0.25, 0.3) is 0 Å². The van der Waals surface area contributed by atoms with Crippen molar-refractivity contribution in [2.45, 2.75) is 25.9 Å². The Labute approximate surface area is 126 Å². The molecule has 1 saturated heterocycles. The molecule has 0 unspecified atom stereocenters. The molecule has 4 nitrogen and oxygen atoms in total. The van der Waals surface area contributed by atoms with Crippen LogP contribution >= 0.6 is 0 Å². The minimum Gasteiger partial charge on any atom is -0.491 e. The van der Waals surface area contributed by atoms with Crippen LogP contribution in [0.2, 0.25) is 0 Å². The number of hydrogen-bond donors (Lipinski definition) is 1. The van der Waals surface area contributed by atoms with E-state index >= 15 is 0 Å². The van der Waals surface area contributed by atoms with Gasteiger partial charge in [-0.2, -0.15) is 0 Å². The van der Waals surface area contributed by atoms with Crippen molar-refractivity contribution in [3.8, 4) is 5.75 Å². The van der Waals surface area contributed by atoms with Gasteiger partial charge in [0.1, 0.15) is 11.6 Å². The van der Waals surface area contributed by atoms with E-state index in [1.165, 1.54) is 6.07 Å². The van der Waals surface area contributed by atoms with Crippen molar-refractivity contribution < 1.29 is 13.9 Å². The van der Waals surface area contributed by atoms with Crippen molar-refractivity contribution in [3.63, 3.8) is 0 Å². The lowest BCUT2D eigenvalue weighted by molar-refractivity contribution is 0.00548. The summed E-state index contributed by atoms with van der Waals surface area (Å²) in [7, 11) is 1.70. The standard InChI is InChI=1S/C16H25FN2O2/c1-16(2,20-3)6-11-21-15-5-4-13(17)12-14(15)19-9-7-18-8-10-19/h4-5,12,18H,6-11H2,1-3H3. The van der Waals surface area contributed by atoms with Crippen molar-refractivity contribution in [3.05, 3.63) is 24.0 Å². The zero-order valence-corrected chi connectivity index (χ0v) is 13.1. The summed E-state index contributed by atoms with van der Waals surface area (Å²) in [6, 6.07) is 4.72. The molecule has 0 radical (unpaired) electrons. The van der Waals surface area contributed by atoms with E-state index in [1.807, 2.05) is 13.8 Å². The molecule has 21 heavy (non-hydrogen) atoms. The maximum Gasteiger partial charge on any atom is 0.142 e. The number of halogens is 1. The Hall–Kier alpha value is -1.33. The first-order valence-corrected chi connectivity index (χ1v) is 7.45. The second-order valence-electron chi connectivity index (χ2n) is 5.91. The highest BCUT2D eigenvalue weighted by Crippen LogP contribution is 2.30. The molecular formula is C16H25FN2O2. The minimum absolute atomic E-state index is 0.213. The third-order valence-electron chi connectivity index (χ3n) is 3.89. The van der Waals surface area contributed by atoms with E-state index in [0.717, 1.165) is 44.0 Å². The second-order valence-corrected chi connectivity index (χ2v) is 5.91. The number of nitrogens with one attached hydrogen (secondary N) is 1. The van der Waals surface area contributed by atoms with Gasteiger partial charge in [0, 0.05) is 45.8 Å². The molecule has 2 rings (SSSR count). The Balaban J connectivity index is 2.04. The molecule has 0 spiro atoms. The zero-order chi connectivity index (χ0) is 15.3. The summed E-state index contributed by atoms with van der Waals surface area (Å²) in [6.07, 6.45) is 0.780. The summed E-state index contributed by atoms with van der Waals surface area (Å²) < 4.78 is 24.8. The Bertz CT molecular complexity index is 460. The Kier molecular flexibility index (Phi) is 5.42. The highest BCUT2D eigenvalue weighted by Gasteiger charge is 2.19. The van der Waals surface area contributed by atoms with E-state index in [2.05, 4.69) is 10.2 Å². The largest absolute Gasteiger partial charge is 0.491 e. The summed E-state index contributed by atoms with van der Waals surface area (Å²) in [4.78, 5) is 2.16. The number of rotatable bonds is 6. The summed E-state index contributed by atoms with van der Waals surface area (Å²) in [6.45, 7) is 8.15. The van der Waals surface area contributed by atoms with E-state index in [4.69, 9.17) is 9.47 Å². The van der Waals surface area contributed by atoms with E-state index in [-0.39, 0.29) is 11.4 Å². The van der Waals surface area contributed by atoms with Gasteiger partial charge in [0.15, 0.2) is 0 Å². The van der Waals surface area contributed by atoms with E-state index in [0.29, 0.717) is 6.61 Å². The first-order chi connectivity index (χ1) is 10.0. The monoisotopic (exact) mass is 296 g/mol. The molecule has 1 N–H and O–H groups in total. The number of piperazine rings is 1. The molecule has 1 aliphatic rings. The van der Waals surface area contributed by atoms with E-state index in [9.17, 15) is 4.39 Å². The molecular weight excluding hydrogens is 271 g/mol. The van der Waals surface area contributed by atoms with Crippen molar-refractivity contribution in [1.29, 1.82) is 0 Å². The fraction of sp³-hybridized carbons (Fsp3) is 0.625. The predicted molar refractivity (Wildman–Crippen MR) is 82.7 cm³/mol. The average Bonchev–Trinajstić information content (AvgIpc) is 2.49. The minimum atomic E-state index is -0.229. The van der Waals surface area contributed by atoms with Crippen molar-refractivity contribution in [2.75, 3.05) is 44.8 Å². The third kappa shape index (κ3) is 4.58. The summed E-state index contributed by atoms with van der Waals surface area (Å²) in [5, 5.41) is 3.30. The first-order valence-electron chi connectivity index (χ1n) is 7.45. The fourth-order valence-corrected chi connectivity index (χ4v) is 2.27. The summed E-state index contributed by atoms with van der Waals surface area (Å²) in [5.41, 5.74) is 0.627. The Morgan fingerprint density at radius 3 is 2.67 bits per heavy atom. The summed E-state index contributed by atoms with van der Waals surface area (Å²) in [5.74, 6) is 0.512. The molecule has 1 heterocycles. The molecule has 0 bridgehead atoms. The lowest BCUT2D eigenvalue weighted by Gasteiger charge is -2.31. The number of ether oxygens (including phenoxy) is 2. The maximum absolute atomic E-state index is 13.6. The van der Waals surface area contributed by atoms with Crippen LogP contribution in [-0.4, -0.2) is 45.5 Å². The second kappa shape index (κ2) is 7.09. The molecule has 1 aliphatic heterocycles. The number of methoxy groups -OCH3 is 1. The van der Waals surface area contributed by atoms with Crippen LogP contribution in [0.4, 0.5) is 10.1 Å². The maximum atomic E-state index is 13.6. The van der Waals surface area contributed by atoms with Crippen LogP contribution in [-0.2, 0) is 4.74 Å². The van der Waals surface area contributed by atoms with Crippen LogP contribution in [0.3, 0.4) is 0 Å². The van der Waals surface area contributed by atoms with Crippen molar-refractivity contribution >= 4 is 5.69 Å². The molecule has 5 heteroatoms. The van der Waals surface area contributed by atoms with Crippen molar-refractivity contribution in [1.82, 2.24) is 5.32 Å². The van der Waals surface area contributed by atoms with Gasteiger partial charge in [-0.1, -0.05) is 0 Å². The van der Waals surface area contributed by atoms with Crippen LogP contribution in [0, 0.1) is 5.82 Å². The lowest BCUT2D eigenvalue weighted by atomic mass is 10.1. The molecule has 0 saturated carbocycles. The first kappa shape index (κ1) is 16.0. The Morgan fingerprint density at radius 2 is 2.00 bits per heavy atom. The lowest BCUT2D eigenvalue weighted by Crippen LogP contribution is -2.43. The molecule has 118 valence electrons. The van der Waals surface area contributed by atoms with Crippen molar-refractivity contribution in [2.24, 2.45) is 0 Å². The molecule has 1 aromatic rings. The van der Waals surface area contributed by atoms with Gasteiger partial charge in [-0.15, -0.1) is 0 Å². The SMILES string of the molecule is COC(C)(C)CCOc1ccc(F)cc1N1CCNCC1. The van der Waals surface area contributed by atoms with Gasteiger partial charge in [0.05, 0.1) is 17.9 Å². The molecule has 0 amide bonds. The number of hydrogen-bond acceptors (Lipinski definition) is 4. The molecule has 0 atom stereocenters. The quantitative estimate of drug-likeness (QED) is 0.874. The van der Waals surface area contributed by atoms with E-state index < -0.39 is 0 Å². The van der Waals surface area contributed by atoms with Gasteiger partial charge in [-0.05, 0) is 26.0 Å². The van der Waals surface area contributed by atoms with Crippen LogP contribution in [0.5, 0.6) is 5.75 Å². The van der Waals surface area contributed by atoms with Crippen LogP contribution in [0.15, 0.2) is 18.2 Å². The van der Waals surface area contributed by atoms with Gasteiger partial charge >= 0.3 is 0 Å². The molecule has 0 aromatic heterocycles. The van der Waals surface area contributed by atoms with Gasteiger partial charge in [0.25, 0.3) is 0 Å². The zero-order valence-electron chi connectivity index (χ0n) is 13.1.